The molecule has 0 aliphatic rings. The molecule has 0 spiro atoms. The van der Waals surface area contributed by atoms with Crippen molar-refractivity contribution in [2.75, 3.05) is 0 Å². The van der Waals surface area contributed by atoms with Crippen molar-refractivity contribution in [1.29, 1.82) is 0 Å². The summed E-state index contributed by atoms with van der Waals surface area (Å²) < 4.78 is 2.00. The number of rotatable bonds is 6. The molecule has 0 aliphatic heterocycles. The van der Waals surface area contributed by atoms with E-state index in [0.29, 0.717) is 17.5 Å². The Balaban J connectivity index is 2.03. The highest BCUT2D eigenvalue weighted by Gasteiger charge is 2.14. The first-order valence-corrected chi connectivity index (χ1v) is 7.85. The van der Waals surface area contributed by atoms with Crippen LogP contribution in [0, 0.1) is 0 Å². The lowest BCUT2D eigenvalue weighted by Crippen LogP contribution is -2.08. The second-order valence-corrected chi connectivity index (χ2v) is 6.02. The largest absolute Gasteiger partial charge is 0.387 e. The Morgan fingerprint density at radius 1 is 1.42 bits per heavy atom. The van der Waals surface area contributed by atoms with Crippen molar-refractivity contribution in [3.05, 3.63) is 39.3 Å². The Morgan fingerprint density at radius 2 is 2.16 bits per heavy atom. The van der Waals surface area contributed by atoms with Crippen molar-refractivity contribution in [3.8, 4) is 0 Å². The van der Waals surface area contributed by atoms with Gasteiger partial charge >= 0.3 is 0 Å². The van der Waals surface area contributed by atoms with Gasteiger partial charge in [-0.25, -0.2) is 0 Å². The summed E-state index contributed by atoms with van der Waals surface area (Å²) in [4.78, 5) is 0.891. The molecule has 2 heterocycles. The van der Waals surface area contributed by atoms with E-state index < -0.39 is 6.10 Å². The maximum atomic E-state index is 10.2. The van der Waals surface area contributed by atoms with E-state index in [1.165, 1.54) is 11.3 Å². The van der Waals surface area contributed by atoms with Crippen LogP contribution in [0.3, 0.4) is 0 Å². The number of thiophene rings is 1. The fourth-order valence-electron chi connectivity index (χ4n) is 2.15. The third-order valence-corrected chi connectivity index (χ3v) is 4.68. The van der Waals surface area contributed by atoms with E-state index in [1.807, 2.05) is 28.4 Å². The maximum absolute atomic E-state index is 10.2. The van der Waals surface area contributed by atoms with Crippen molar-refractivity contribution < 1.29 is 5.11 Å². The first kappa shape index (κ1) is 14.6. The number of aliphatic hydroxyl groups is 1. The van der Waals surface area contributed by atoms with Gasteiger partial charge in [-0.3, -0.25) is 4.68 Å². The average molecular weight is 299 g/mol. The fourth-order valence-corrected chi connectivity index (χ4v) is 3.22. The van der Waals surface area contributed by atoms with Gasteiger partial charge in [0.25, 0.3) is 0 Å². The van der Waals surface area contributed by atoms with Gasteiger partial charge in [0, 0.05) is 22.9 Å². The van der Waals surface area contributed by atoms with Gasteiger partial charge in [0.05, 0.1) is 22.9 Å². The first-order chi connectivity index (χ1) is 9.13. The molecule has 104 valence electrons. The minimum atomic E-state index is -0.525. The Labute approximate surface area is 122 Å². The monoisotopic (exact) mass is 298 g/mol. The van der Waals surface area contributed by atoms with Crippen LogP contribution in [0.15, 0.2) is 23.7 Å². The van der Waals surface area contributed by atoms with Crippen molar-refractivity contribution in [3.63, 3.8) is 0 Å². The zero-order valence-electron chi connectivity index (χ0n) is 11.2. The lowest BCUT2D eigenvalue weighted by Gasteiger charge is -2.12. The summed E-state index contributed by atoms with van der Waals surface area (Å²) in [6.45, 7) is 4.33. The number of nitrogens with zero attached hydrogens (tertiary/aromatic N) is 2. The lowest BCUT2D eigenvalue weighted by molar-refractivity contribution is 0.180. The molecule has 0 saturated carbocycles. The second kappa shape index (κ2) is 6.55. The van der Waals surface area contributed by atoms with Crippen LogP contribution in [0.2, 0.25) is 5.02 Å². The highest BCUT2D eigenvalue weighted by Crippen LogP contribution is 2.27. The number of aliphatic hydroxyl groups excluding tert-OH is 1. The van der Waals surface area contributed by atoms with Gasteiger partial charge in [-0.2, -0.15) is 5.10 Å². The molecular formula is C14H19ClN2OS. The standard InChI is InChI=1S/C14H19ClN2OS/c1-3-12(4-2)17-6-5-11(16-17)8-13(18)14-7-10(15)9-19-14/h5-7,9,12-13,18H,3-4,8H2,1-2H3. The number of aromatic nitrogens is 2. The molecule has 0 bridgehead atoms. The topological polar surface area (TPSA) is 38.0 Å². The van der Waals surface area contributed by atoms with Gasteiger partial charge < -0.3 is 5.11 Å². The molecular weight excluding hydrogens is 280 g/mol. The third kappa shape index (κ3) is 3.59. The van der Waals surface area contributed by atoms with E-state index in [-0.39, 0.29) is 0 Å². The minimum absolute atomic E-state index is 0.446. The second-order valence-electron chi connectivity index (χ2n) is 4.64. The molecule has 2 rings (SSSR count). The van der Waals surface area contributed by atoms with E-state index in [4.69, 9.17) is 11.6 Å². The Kier molecular flexibility index (Phi) is 5.02. The Hall–Kier alpha value is -0.840. The van der Waals surface area contributed by atoms with E-state index in [2.05, 4.69) is 18.9 Å². The molecule has 0 aromatic carbocycles. The molecule has 1 N–H and O–H groups in total. The van der Waals surface area contributed by atoms with Gasteiger partial charge in [0.1, 0.15) is 0 Å². The van der Waals surface area contributed by atoms with Crippen molar-refractivity contribution in [1.82, 2.24) is 9.78 Å². The van der Waals surface area contributed by atoms with Crippen LogP contribution in [0.4, 0.5) is 0 Å². The minimum Gasteiger partial charge on any atom is -0.387 e. The van der Waals surface area contributed by atoms with Crippen molar-refractivity contribution in [2.24, 2.45) is 0 Å². The number of halogens is 1. The zero-order chi connectivity index (χ0) is 13.8. The third-order valence-electron chi connectivity index (χ3n) is 3.30. The molecule has 5 heteroatoms. The van der Waals surface area contributed by atoms with Gasteiger partial charge in [-0.05, 0) is 25.0 Å². The molecule has 1 unspecified atom stereocenters. The summed E-state index contributed by atoms with van der Waals surface area (Å²) in [5.41, 5.74) is 0.920. The molecule has 0 radical (unpaired) electrons. The zero-order valence-corrected chi connectivity index (χ0v) is 12.8. The van der Waals surface area contributed by atoms with E-state index in [1.54, 1.807) is 0 Å². The first-order valence-electron chi connectivity index (χ1n) is 6.60. The molecule has 3 nitrogen and oxygen atoms in total. The van der Waals surface area contributed by atoms with Crippen LogP contribution in [0.25, 0.3) is 0 Å². The normalized spacial score (nSPS) is 13.1. The fraction of sp³-hybridized carbons (Fsp3) is 0.500. The predicted octanol–water partition coefficient (Wildman–Crippen LogP) is 4.24. The van der Waals surface area contributed by atoms with Crippen LogP contribution < -0.4 is 0 Å². The van der Waals surface area contributed by atoms with Crippen LogP contribution >= 0.6 is 22.9 Å². The van der Waals surface area contributed by atoms with Crippen LogP contribution in [-0.2, 0) is 6.42 Å². The van der Waals surface area contributed by atoms with Gasteiger partial charge in [-0.15, -0.1) is 11.3 Å². The number of hydrogen-bond donors (Lipinski definition) is 1. The summed E-state index contributed by atoms with van der Waals surface area (Å²) in [6.07, 6.45) is 4.15. The highest BCUT2D eigenvalue weighted by molar-refractivity contribution is 7.10. The Morgan fingerprint density at radius 3 is 2.74 bits per heavy atom. The number of hydrogen-bond acceptors (Lipinski definition) is 3. The molecule has 19 heavy (non-hydrogen) atoms. The molecule has 0 aliphatic carbocycles. The average Bonchev–Trinajstić information content (AvgIpc) is 3.00. The Bertz CT molecular complexity index is 519. The molecule has 2 aromatic rings. The van der Waals surface area contributed by atoms with Crippen molar-refractivity contribution in [2.45, 2.75) is 45.3 Å². The maximum Gasteiger partial charge on any atom is 0.0938 e. The van der Waals surface area contributed by atoms with E-state index in [9.17, 15) is 5.11 Å². The van der Waals surface area contributed by atoms with Gasteiger partial charge in [0.15, 0.2) is 0 Å². The van der Waals surface area contributed by atoms with E-state index in [0.717, 1.165) is 23.4 Å². The van der Waals surface area contributed by atoms with E-state index >= 15 is 0 Å². The highest BCUT2D eigenvalue weighted by atomic mass is 35.5. The lowest BCUT2D eigenvalue weighted by atomic mass is 10.2. The summed E-state index contributed by atoms with van der Waals surface area (Å²) in [7, 11) is 0. The van der Waals surface area contributed by atoms with Crippen LogP contribution in [-0.4, -0.2) is 14.9 Å². The summed E-state index contributed by atoms with van der Waals surface area (Å²) in [6, 6.07) is 4.24. The summed E-state index contributed by atoms with van der Waals surface area (Å²) >= 11 is 7.35. The van der Waals surface area contributed by atoms with Gasteiger partial charge in [-0.1, -0.05) is 25.4 Å². The molecule has 1 atom stereocenters. The summed E-state index contributed by atoms with van der Waals surface area (Å²) in [5, 5.41) is 17.2. The smallest absolute Gasteiger partial charge is 0.0938 e. The molecule has 2 aromatic heterocycles. The van der Waals surface area contributed by atoms with Gasteiger partial charge in [0.2, 0.25) is 0 Å². The predicted molar refractivity (Wildman–Crippen MR) is 79.8 cm³/mol. The summed E-state index contributed by atoms with van der Waals surface area (Å²) in [5.74, 6) is 0. The molecule has 0 fully saturated rings. The molecule has 0 amide bonds. The van der Waals surface area contributed by atoms with Crippen LogP contribution in [0.1, 0.15) is 49.4 Å². The van der Waals surface area contributed by atoms with Crippen LogP contribution in [0.5, 0.6) is 0 Å². The quantitative estimate of drug-likeness (QED) is 0.866. The SMILES string of the molecule is CCC(CC)n1ccc(CC(O)c2cc(Cl)cs2)n1. The van der Waals surface area contributed by atoms with Crippen molar-refractivity contribution >= 4 is 22.9 Å². The molecule has 0 saturated heterocycles.